The van der Waals surface area contributed by atoms with Crippen molar-refractivity contribution in [3.8, 4) is 0 Å². The van der Waals surface area contributed by atoms with Gasteiger partial charge in [0.1, 0.15) is 0 Å². The molecule has 0 spiro atoms. The molecular formula is C14H21NO4S. The molecular weight excluding hydrogens is 278 g/mol. The monoisotopic (exact) mass is 299 g/mol. The van der Waals surface area contributed by atoms with Crippen LogP contribution in [0.5, 0.6) is 0 Å². The van der Waals surface area contributed by atoms with E-state index in [4.69, 9.17) is 4.74 Å². The summed E-state index contributed by atoms with van der Waals surface area (Å²) in [4.78, 5) is 0.214. The summed E-state index contributed by atoms with van der Waals surface area (Å²) in [7, 11) is -3.55. The Kier molecular flexibility index (Phi) is 5.15. The second-order valence-corrected chi connectivity index (χ2v) is 6.85. The van der Waals surface area contributed by atoms with Crippen molar-refractivity contribution in [2.45, 2.75) is 31.3 Å². The third-order valence-electron chi connectivity index (χ3n) is 3.45. The van der Waals surface area contributed by atoms with Gasteiger partial charge in [0, 0.05) is 13.2 Å². The summed E-state index contributed by atoms with van der Waals surface area (Å²) in [6.07, 6.45) is 2.44. The Hall–Kier alpha value is -0.950. The largest absolute Gasteiger partial charge is 0.392 e. The van der Waals surface area contributed by atoms with E-state index in [1.165, 1.54) is 12.8 Å². The Morgan fingerprint density at radius 1 is 1.40 bits per heavy atom. The van der Waals surface area contributed by atoms with Crippen LogP contribution in [0.15, 0.2) is 23.1 Å². The first kappa shape index (κ1) is 15.4. The highest BCUT2D eigenvalue weighted by Gasteiger charge is 2.21. The molecule has 0 heterocycles. The number of ether oxygens (including phenoxy) is 1. The number of sulfonamides is 1. The zero-order chi connectivity index (χ0) is 14.6. The van der Waals surface area contributed by atoms with E-state index in [0.717, 1.165) is 6.61 Å². The van der Waals surface area contributed by atoms with Crippen LogP contribution >= 0.6 is 0 Å². The Labute approximate surface area is 120 Å². The van der Waals surface area contributed by atoms with Crippen LogP contribution in [0, 0.1) is 12.8 Å². The molecule has 2 rings (SSSR count). The molecule has 0 aliphatic heterocycles. The molecule has 20 heavy (non-hydrogen) atoms. The van der Waals surface area contributed by atoms with Crippen LogP contribution in [0.3, 0.4) is 0 Å². The predicted octanol–water partition coefficient (Wildman–Crippen LogP) is 1.19. The summed E-state index contributed by atoms with van der Waals surface area (Å²) >= 11 is 0. The third kappa shape index (κ3) is 4.02. The smallest absolute Gasteiger partial charge is 0.240 e. The summed E-state index contributed by atoms with van der Waals surface area (Å²) in [5.41, 5.74) is 1.21. The Balaban J connectivity index is 1.91. The van der Waals surface area contributed by atoms with Gasteiger partial charge in [0.2, 0.25) is 10.0 Å². The highest BCUT2D eigenvalue weighted by Crippen LogP contribution is 2.28. The zero-order valence-corrected chi connectivity index (χ0v) is 12.4. The molecule has 1 aromatic carbocycles. The first-order valence-electron chi connectivity index (χ1n) is 6.81. The first-order chi connectivity index (χ1) is 9.54. The number of aliphatic hydroxyl groups is 1. The van der Waals surface area contributed by atoms with E-state index in [1.54, 1.807) is 25.1 Å². The van der Waals surface area contributed by atoms with Crippen molar-refractivity contribution >= 4 is 10.0 Å². The van der Waals surface area contributed by atoms with Crippen molar-refractivity contribution < 1.29 is 18.3 Å². The highest BCUT2D eigenvalue weighted by atomic mass is 32.2. The van der Waals surface area contributed by atoms with Crippen molar-refractivity contribution in [2.24, 2.45) is 5.92 Å². The number of benzene rings is 1. The molecule has 0 saturated heterocycles. The second kappa shape index (κ2) is 6.67. The minimum Gasteiger partial charge on any atom is -0.392 e. The second-order valence-electron chi connectivity index (χ2n) is 5.11. The van der Waals surface area contributed by atoms with Gasteiger partial charge < -0.3 is 9.84 Å². The highest BCUT2D eigenvalue weighted by molar-refractivity contribution is 7.89. The van der Waals surface area contributed by atoms with Crippen LogP contribution in [0.25, 0.3) is 0 Å². The molecule has 0 atom stereocenters. The quantitative estimate of drug-likeness (QED) is 0.707. The van der Waals surface area contributed by atoms with Gasteiger partial charge in [-0.25, -0.2) is 13.1 Å². The van der Waals surface area contributed by atoms with Crippen LogP contribution in [-0.2, 0) is 21.4 Å². The van der Waals surface area contributed by atoms with Gasteiger partial charge in [0.15, 0.2) is 0 Å². The molecule has 1 aliphatic carbocycles. The lowest BCUT2D eigenvalue weighted by Crippen LogP contribution is -2.28. The molecule has 0 aromatic heterocycles. The molecule has 2 N–H and O–H groups in total. The lowest BCUT2D eigenvalue weighted by atomic mass is 10.1. The fourth-order valence-corrected chi connectivity index (χ4v) is 3.28. The normalized spacial score (nSPS) is 15.5. The molecule has 1 aliphatic rings. The van der Waals surface area contributed by atoms with Crippen molar-refractivity contribution in [2.75, 3.05) is 19.8 Å². The minimum absolute atomic E-state index is 0.167. The zero-order valence-electron chi connectivity index (χ0n) is 11.6. The van der Waals surface area contributed by atoms with Gasteiger partial charge >= 0.3 is 0 Å². The molecule has 1 saturated carbocycles. The van der Waals surface area contributed by atoms with E-state index in [1.807, 2.05) is 0 Å². The molecule has 0 bridgehead atoms. The van der Waals surface area contributed by atoms with E-state index in [-0.39, 0.29) is 18.0 Å². The summed E-state index contributed by atoms with van der Waals surface area (Å²) in [5, 5.41) is 9.18. The number of hydrogen-bond donors (Lipinski definition) is 2. The standard InChI is InChI=1S/C14H21NO4S/c1-11-13(9-16)3-2-4-14(11)20(17,18)15-7-8-19-10-12-5-6-12/h2-4,12,15-16H,5-10H2,1H3. The fourth-order valence-electron chi connectivity index (χ4n) is 1.98. The van der Waals surface area contributed by atoms with Gasteiger partial charge in [-0.15, -0.1) is 0 Å². The average molecular weight is 299 g/mol. The van der Waals surface area contributed by atoms with Crippen molar-refractivity contribution in [1.82, 2.24) is 4.72 Å². The SMILES string of the molecule is Cc1c(CO)cccc1S(=O)(=O)NCCOCC1CC1. The fraction of sp³-hybridized carbons (Fsp3) is 0.571. The van der Waals surface area contributed by atoms with Gasteiger partial charge in [-0.2, -0.15) is 0 Å². The maximum atomic E-state index is 12.2. The molecule has 1 fully saturated rings. The number of rotatable bonds is 8. The number of hydrogen-bond acceptors (Lipinski definition) is 4. The lowest BCUT2D eigenvalue weighted by Gasteiger charge is -2.11. The van der Waals surface area contributed by atoms with Gasteiger partial charge in [-0.05, 0) is 42.9 Å². The Morgan fingerprint density at radius 2 is 2.15 bits per heavy atom. The van der Waals surface area contributed by atoms with Crippen LogP contribution in [0.4, 0.5) is 0 Å². The van der Waals surface area contributed by atoms with Crippen LogP contribution in [0.1, 0.15) is 24.0 Å². The van der Waals surface area contributed by atoms with Gasteiger partial charge in [0.25, 0.3) is 0 Å². The number of nitrogens with one attached hydrogen (secondary N) is 1. The molecule has 0 unspecified atom stereocenters. The first-order valence-corrected chi connectivity index (χ1v) is 8.29. The molecule has 5 nitrogen and oxygen atoms in total. The molecule has 0 amide bonds. The number of aliphatic hydroxyl groups excluding tert-OH is 1. The van der Waals surface area contributed by atoms with E-state index in [9.17, 15) is 13.5 Å². The van der Waals surface area contributed by atoms with Crippen molar-refractivity contribution in [1.29, 1.82) is 0 Å². The molecule has 0 radical (unpaired) electrons. The van der Waals surface area contributed by atoms with Gasteiger partial charge in [-0.3, -0.25) is 0 Å². The Bertz CT molecular complexity index is 552. The van der Waals surface area contributed by atoms with Crippen LogP contribution in [-0.4, -0.2) is 33.3 Å². The summed E-state index contributed by atoms with van der Waals surface area (Å²) in [6.45, 7) is 2.90. The van der Waals surface area contributed by atoms with E-state index < -0.39 is 10.0 Å². The van der Waals surface area contributed by atoms with Gasteiger partial charge in [0.05, 0.1) is 18.1 Å². The van der Waals surface area contributed by atoms with E-state index >= 15 is 0 Å². The molecule has 112 valence electrons. The Morgan fingerprint density at radius 3 is 2.80 bits per heavy atom. The summed E-state index contributed by atoms with van der Waals surface area (Å²) in [6, 6.07) is 4.89. The van der Waals surface area contributed by atoms with Crippen molar-refractivity contribution in [3.05, 3.63) is 29.3 Å². The maximum absolute atomic E-state index is 12.2. The van der Waals surface area contributed by atoms with Crippen molar-refractivity contribution in [3.63, 3.8) is 0 Å². The molecule has 1 aromatic rings. The lowest BCUT2D eigenvalue weighted by molar-refractivity contribution is 0.129. The maximum Gasteiger partial charge on any atom is 0.240 e. The van der Waals surface area contributed by atoms with Gasteiger partial charge in [-0.1, -0.05) is 12.1 Å². The topological polar surface area (TPSA) is 75.6 Å². The minimum atomic E-state index is -3.55. The van der Waals surface area contributed by atoms with E-state index in [0.29, 0.717) is 23.7 Å². The van der Waals surface area contributed by atoms with Crippen LogP contribution < -0.4 is 4.72 Å². The molecule has 6 heteroatoms. The third-order valence-corrected chi connectivity index (χ3v) is 5.05. The van der Waals surface area contributed by atoms with Crippen LogP contribution in [0.2, 0.25) is 0 Å². The summed E-state index contributed by atoms with van der Waals surface area (Å²) < 4.78 is 32.3. The van der Waals surface area contributed by atoms with E-state index in [2.05, 4.69) is 4.72 Å². The summed E-state index contributed by atoms with van der Waals surface area (Å²) in [5.74, 6) is 0.676. The average Bonchev–Trinajstić information content (AvgIpc) is 3.22. The predicted molar refractivity (Wildman–Crippen MR) is 75.8 cm³/mol.